The third-order valence-electron chi connectivity index (χ3n) is 4.35. The monoisotopic (exact) mass is 268 g/mol. The summed E-state index contributed by atoms with van der Waals surface area (Å²) in [5.41, 5.74) is 0. The van der Waals surface area contributed by atoms with E-state index in [-0.39, 0.29) is 5.91 Å². The molecule has 0 radical (unpaired) electrons. The second-order valence-electron chi connectivity index (χ2n) is 5.92. The molecule has 19 heavy (non-hydrogen) atoms. The van der Waals surface area contributed by atoms with Crippen molar-refractivity contribution < 1.29 is 14.7 Å². The Hall–Kier alpha value is -1.10. The van der Waals surface area contributed by atoms with Gasteiger partial charge in [0, 0.05) is 25.0 Å². The minimum Gasteiger partial charge on any atom is -0.480 e. The fraction of sp³-hybridized carbons (Fsp3) is 0.857. The smallest absolute Gasteiger partial charge is 0.326 e. The predicted octanol–water partition coefficient (Wildman–Crippen LogP) is 1.32. The van der Waals surface area contributed by atoms with Crippen LogP contribution in [-0.4, -0.2) is 58.0 Å². The first-order valence-corrected chi connectivity index (χ1v) is 7.28. The second kappa shape index (κ2) is 5.90. The molecule has 0 saturated carbocycles. The van der Waals surface area contributed by atoms with Crippen LogP contribution in [0.25, 0.3) is 0 Å². The summed E-state index contributed by atoms with van der Waals surface area (Å²) in [6.07, 6.45) is 4.07. The number of nitrogens with zero attached hydrogens (tertiary/aromatic N) is 2. The highest BCUT2D eigenvalue weighted by Crippen LogP contribution is 2.25. The Labute approximate surface area is 114 Å². The van der Waals surface area contributed by atoms with E-state index in [0.717, 1.165) is 25.8 Å². The molecule has 5 heteroatoms. The highest BCUT2D eigenvalue weighted by atomic mass is 16.4. The number of aliphatic carboxylic acids is 1. The first kappa shape index (κ1) is 14.3. The van der Waals surface area contributed by atoms with E-state index in [1.807, 2.05) is 0 Å². The molecule has 2 aliphatic heterocycles. The summed E-state index contributed by atoms with van der Waals surface area (Å²) in [6, 6.07) is 0.151. The van der Waals surface area contributed by atoms with Gasteiger partial charge >= 0.3 is 5.97 Å². The third kappa shape index (κ3) is 3.08. The van der Waals surface area contributed by atoms with Gasteiger partial charge in [-0.25, -0.2) is 4.79 Å². The molecular weight excluding hydrogens is 244 g/mol. The zero-order chi connectivity index (χ0) is 14.0. The van der Waals surface area contributed by atoms with Crippen LogP contribution < -0.4 is 0 Å². The Bertz CT molecular complexity index is 357. The number of carboxylic acids is 1. The molecule has 2 aliphatic rings. The van der Waals surface area contributed by atoms with E-state index in [1.165, 1.54) is 0 Å². The average molecular weight is 268 g/mol. The summed E-state index contributed by atoms with van der Waals surface area (Å²) < 4.78 is 0. The fourth-order valence-electron chi connectivity index (χ4n) is 3.40. The molecule has 2 atom stereocenters. The first-order valence-electron chi connectivity index (χ1n) is 7.28. The molecular formula is C14H24N2O3. The Balaban J connectivity index is 1.95. The summed E-state index contributed by atoms with van der Waals surface area (Å²) in [7, 11) is 0. The topological polar surface area (TPSA) is 60.9 Å². The van der Waals surface area contributed by atoms with Gasteiger partial charge in [0.2, 0.25) is 5.91 Å². The van der Waals surface area contributed by atoms with Crippen LogP contribution in [0.4, 0.5) is 0 Å². The molecule has 0 aromatic carbocycles. The molecule has 0 bridgehead atoms. The third-order valence-corrected chi connectivity index (χ3v) is 4.35. The van der Waals surface area contributed by atoms with Gasteiger partial charge in [0.1, 0.15) is 6.04 Å². The quantitative estimate of drug-likeness (QED) is 0.835. The van der Waals surface area contributed by atoms with E-state index in [1.54, 1.807) is 4.90 Å². The number of carbonyl (C=O) groups is 2. The van der Waals surface area contributed by atoms with E-state index in [2.05, 4.69) is 18.7 Å². The van der Waals surface area contributed by atoms with Crippen LogP contribution in [0.15, 0.2) is 0 Å². The van der Waals surface area contributed by atoms with Gasteiger partial charge in [-0.2, -0.15) is 0 Å². The molecule has 1 amide bonds. The van der Waals surface area contributed by atoms with Crippen molar-refractivity contribution in [1.29, 1.82) is 0 Å². The molecule has 2 fully saturated rings. The normalized spacial score (nSPS) is 28.3. The summed E-state index contributed by atoms with van der Waals surface area (Å²) in [6.45, 7) is 5.96. The maximum Gasteiger partial charge on any atom is 0.326 e. The largest absolute Gasteiger partial charge is 0.480 e. The van der Waals surface area contributed by atoms with Gasteiger partial charge in [-0.15, -0.1) is 0 Å². The van der Waals surface area contributed by atoms with Gasteiger partial charge in [-0.05, 0) is 46.1 Å². The Morgan fingerprint density at radius 1 is 1.21 bits per heavy atom. The van der Waals surface area contributed by atoms with Crippen molar-refractivity contribution in [3.8, 4) is 0 Å². The molecule has 0 unspecified atom stereocenters. The van der Waals surface area contributed by atoms with Gasteiger partial charge in [-0.3, -0.25) is 9.69 Å². The van der Waals surface area contributed by atoms with Crippen LogP contribution in [0.2, 0.25) is 0 Å². The van der Waals surface area contributed by atoms with Crippen LogP contribution >= 0.6 is 0 Å². The number of carbonyl (C=O) groups excluding carboxylic acids is 1. The molecule has 0 aliphatic carbocycles. The van der Waals surface area contributed by atoms with Crippen molar-refractivity contribution >= 4 is 11.9 Å². The molecule has 0 spiro atoms. The summed E-state index contributed by atoms with van der Waals surface area (Å²) in [5.74, 6) is -0.847. The van der Waals surface area contributed by atoms with Crippen molar-refractivity contribution in [2.45, 2.75) is 64.1 Å². The van der Waals surface area contributed by atoms with Gasteiger partial charge in [0.25, 0.3) is 0 Å². The maximum atomic E-state index is 12.3. The van der Waals surface area contributed by atoms with Crippen LogP contribution in [-0.2, 0) is 9.59 Å². The Morgan fingerprint density at radius 3 is 2.53 bits per heavy atom. The lowest BCUT2D eigenvalue weighted by atomic mass is 10.1. The number of amides is 1. The molecule has 0 aromatic rings. The number of hydrogen-bond acceptors (Lipinski definition) is 3. The molecule has 1 N–H and O–H groups in total. The highest BCUT2D eigenvalue weighted by molar-refractivity contribution is 5.84. The zero-order valence-corrected chi connectivity index (χ0v) is 11.8. The predicted molar refractivity (Wildman–Crippen MR) is 71.9 cm³/mol. The summed E-state index contributed by atoms with van der Waals surface area (Å²) in [5, 5.41) is 9.13. The molecule has 2 heterocycles. The van der Waals surface area contributed by atoms with E-state index in [4.69, 9.17) is 5.11 Å². The minimum absolute atomic E-state index is 0.0162. The lowest BCUT2D eigenvalue weighted by Crippen LogP contribution is -2.44. The summed E-state index contributed by atoms with van der Waals surface area (Å²) in [4.78, 5) is 27.4. The van der Waals surface area contributed by atoms with E-state index < -0.39 is 12.0 Å². The maximum absolute atomic E-state index is 12.3. The molecule has 2 rings (SSSR count). The Kier molecular flexibility index (Phi) is 4.45. The SMILES string of the molecule is CC(C)N1CCC[C@H]1CC(=O)N1CCC[C@H]1C(=O)O. The molecule has 2 saturated heterocycles. The standard InChI is InChI=1S/C14H24N2O3/c1-10(2)15-7-3-5-11(15)9-13(17)16-8-4-6-12(16)14(18)19/h10-12H,3-9H2,1-2H3,(H,18,19)/t11-,12-/m0/s1. The van der Waals surface area contributed by atoms with Crippen LogP contribution in [0.5, 0.6) is 0 Å². The number of likely N-dealkylation sites (tertiary alicyclic amines) is 2. The average Bonchev–Trinajstić information content (AvgIpc) is 2.96. The van der Waals surface area contributed by atoms with E-state index >= 15 is 0 Å². The van der Waals surface area contributed by atoms with Gasteiger partial charge < -0.3 is 10.0 Å². The molecule has 108 valence electrons. The van der Waals surface area contributed by atoms with Crippen LogP contribution in [0, 0.1) is 0 Å². The number of hydrogen-bond donors (Lipinski definition) is 1. The number of rotatable bonds is 4. The fourth-order valence-corrected chi connectivity index (χ4v) is 3.40. The lowest BCUT2D eigenvalue weighted by Gasteiger charge is -2.30. The van der Waals surface area contributed by atoms with E-state index in [9.17, 15) is 9.59 Å². The minimum atomic E-state index is -0.863. The van der Waals surface area contributed by atoms with Gasteiger partial charge in [0.15, 0.2) is 0 Å². The van der Waals surface area contributed by atoms with Crippen molar-refractivity contribution in [3.63, 3.8) is 0 Å². The Morgan fingerprint density at radius 2 is 1.89 bits per heavy atom. The molecule has 5 nitrogen and oxygen atoms in total. The van der Waals surface area contributed by atoms with Crippen molar-refractivity contribution in [2.75, 3.05) is 13.1 Å². The van der Waals surface area contributed by atoms with Crippen LogP contribution in [0.1, 0.15) is 46.0 Å². The zero-order valence-electron chi connectivity index (χ0n) is 11.8. The van der Waals surface area contributed by atoms with Crippen molar-refractivity contribution in [3.05, 3.63) is 0 Å². The van der Waals surface area contributed by atoms with Crippen molar-refractivity contribution in [1.82, 2.24) is 9.80 Å². The van der Waals surface area contributed by atoms with Gasteiger partial charge in [-0.1, -0.05) is 0 Å². The first-order chi connectivity index (χ1) is 9.00. The summed E-state index contributed by atoms with van der Waals surface area (Å²) >= 11 is 0. The van der Waals surface area contributed by atoms with Gasteiger partial charge in [0.05, 0.1) is 0 Å². The van der Waals surface area contributed by atoms with Crippen molar-refractivity contribution in [2.24, 2.45) is 0 Å². The van der Waals surface area contributed by atoms with E-state index in [0.29, 0.717) is 31.5 Å². The lowest BCUT2D eigenvalue weighted by molar-refractivity contribution is -0.148. The van der Waals surface area contributed by atoms with Crippen LogP contribution in [0.3, 0.4) is 0 Å². The second-order valence-corrected chi connectivity index (χ2v) is 5.92. The molecule has 0 aromatic heterocycles. The number of carboxylic acid groups (broad SMARTS) is 1. The highest BCUT2D eigenvalue weighted by Gasteiger charge is 2.36.